The van der Waals surface area contributed by atoms with Gasteiger partial charge in [-0.1, -0.05) is 27.7 Å². The fourth-order valence-electron chi connectivity index (χ4n) is 2.53. The predicted octanol–water partition coefficient (Wildman–Crippen LogP) is 2.99. The Morgan fingerprint density at radius 3 is 2.52 bits per heavy atom. The molecule has 0 fully saturated rings. The van der Waals surface area contributed by atoms with Crippen LogP contribution in [-0.2, 0) is 11.8 Å². The molecular formula is C16H23N3O3S. The van der Waals surface area contributed by atoms with Crippen LogP contribution in [0.5, 0.6) is 0 Å². The van der Waals surface area contributed by atoms with Crippen molar-refractivity contribution in [2.45, 2.75) is 46.1 Å². The van der Waals surface area contributed by atoms with Crippen molar-refractivity contribution in [1.29, 1.82) is 0 Å². The topological polar surface area (TPSA) is 84.2 Å². The van der Waals surface area contributed by atoms with Crippen LogP contribution in [0, 0.1) is 5.92 Å². The summed E-state index contributed by atoms with van der Waals surface area (Å²) in [5.41, 5.74) is 0.953. The fraction of sp³-hybridized carbons (Fsp3) is 0.562. The minimum Gasteiger partial charge on any atom is -0.480 e. The number of thiophene rings is 1. The highest BCUT2D eigenvalue weighted by Gasteiger charge is 2.24. The maximum absolute atomic E-state index is 12.4. The van der Waals surface area contributed by atoms with Crippen molar-refractivity contribution in [3.05, 3.63) is 16.6 Å². The van der Waals surface area contributed by atoms with Crippen LogP contribution in [0.2, 0.25) is 0 Å². The van der Waals surface area contributed by atoms with E-state index in [1.54, 1.807) is 4.68 Å². The van der Waals surface area contributed by atoms with Gasteiger partial charge in [-0.15, -0.1) is 11.3 Å². The van der Waals surface area contributed by atoms with E-state index in [0.29, 0.717) is 11.3 Å². The molecule has 0 aliphatic carbocycles. The smallest absolute Gasteiger partial charge is 0.326 e. The van der Waals surface area contributed by atoms with Crippen molar-refractivity contribution in [3.63, 3.8) is 0 Å². The van der Waals surface area contributed by atoms with Crippen LogP contribution in [0.25, 0.3) is 10.2 Å². The normalized spacial score (nSPS) is 13.0. The van der Waals surface area contributed by atoms with Crippen molar-refractivity contribution < 1.29 is 14.7 Å². The Morgan fingerprint density at radius 2 is 2.00 bits per heavy atom. The average Bonchev–Trinajstić information content (AvgIpc) is 2.98. The average molecular weight is 337 g/mol. The number of aromatic nitrogens is 2. The molecule has 2 N–H and O–H groups in total. The first-order valence-electron chi connectivity index (χ1n) is 7.70. The van der Waals surface area contributed by atoms with E-state index in [4.69, 9.17) is 0 Å². The van der Waals surface area contributed by atoms with Crippen molar-refractivity contribution >= 4 is 33.4 Å². The van der Waals surface area contributed by atoms with Crippen molar-refractivity contribution in [3.8, 4) is 0 Å². The Balaban J connectivity index is 2.27. The quantitative estimate of drug-likeness (QED) is 0.849. The highest BCUT2D eigenvalue weighted by molar-refractivity contribution is 7.20. The number of carboxylic acids is 1. The van der Waals surface area contributed by atoms with Crippen molar-refractivity contribution in [2.75, 3.05) is 0 Å². The van der Waals surface area contributed by atoms with Gasteiger partial charge in [-0.2, -0.15) is 5.10 Å². The zero-order valence-corrected chi connectivity index (χ0v) is 14.9. The lowest BCUT2D eigenvalue weighted by atomic mass is 10.0. The van der Waals surface area contributed by atoms with Crippen LogP contribution >= 0.6 is 11.3 Å². The second-order valence-electron chi connectivity index (χ2n) is 6.49. The summed E-state index contributed by atoms with van der Waals surface area (Å²) in [6.07, 6.45) is 0.408. The molecule has 1 atom stereocenters. The molecule has 2 aromatic heterocycles. The lowest BCUT2D eigenvalue weighted by molar-refractivity contribution is -0.139. The van der Waals surface area contributed by atoms with E-state index in [0.717, 1.165) is 15.9 Å². The molecule has 0 aliphatic rings. The van der Waals surface area contributed by atoms with Gasteiger partial charge < -0.3 is 10.4 Å². The maximum Gasteiger partial charge on any atom is 0.326 e. The van der Waals surface area contributed by atoms with Gasteiger partial charge in [-0.3, -0.25) is 9.48 Å². The van der Waals surface area contributed by atoms with Crippen molar-refractivity contribution in [2.24, 2.45) is 13.0 Å². The van der Waals surface area contributed by atoms with E-state index in [1.165, 1.54) is 11.3 Å². The highest BCUT2D eigenvalue weighted by atomic mass is 32.1. The summed E-state index contributed by atoms with van der Waals surface area (Å²) >= 11 is 1.34. The molecule has 0 spiro atoms. The number of amides is 1. The SMILES string of the molecule is CC(C)C[C@H](NC(=O)c1cc2c(C(C)C)nn(C)c2s1)C(=O)O. The number of fused-ring (bicyclic) bond motifs is 1. The summed E-state index contributed by atoms with van der Waals surface area (Å²) in [4.78, 5) is 25.1. The zero-order valence-electron chi connectivity index (χ0n) is 14.1. The highest BCUT2D eigenvalue weighted by Crippen LogP contribution is 2.31. The molecule has 0 bridgehead atoms. The van der Waals surface area contributed by atoms with Gasteiger partial charge in [0.05, 0.1) is 10.6 Å². The lowest BCUT2D eigenvalue weighted by Gasteiger charge is -2.15. The van der Waals surface area contributed by atoms with Crippen LogP contribution in [-0.4, -0.2) is 32.8 Å². The second kappa shape index (κ2) is 6.70. The van der Waals surface area contributed by atoms with E-state index in [2.05, 4.69) is 24.3 Å². The number of nitrogens with zero attached hydrogens (tertiary/aromatic N) is 2. The third kappa shape index (κ3) is 3.72. The van der Waals surface area contributed by atoms with Crippen LogP contribution in [0.3, 0.4) is 0 Å². The molecule has 0 radical (unpaired) electrons. The monoisotopic (exact) mass is 337 g/mol. The molecule has 1 amide bonds. The number of carboxylic acid groups (broad SMARTS) is 1. The molecule has 0 aliphatic heterocycles. The summed E-state index contributed by atoms with van der Waals surface area (Å²) < 4.78 is 1.77. The van der Waals surface area contributed by atoms with E-state index in [9.17, 15) is 14.7 Å². The van der Waals surface area contributed by atoms with E-state index in [-0.39, 0.29) is 17.7 Å². The Kier molecular flexibility index (Phi) is 5.09. The Labute approximate surface area is 139 Å². The predicted molar refractivity (Wildman–Crippen MR) is 91.0 cm³/mol. The molecule has 0 unspecified atom stereocenters. The summed E-state index contributed by atoms with van der Waals surface area (Å²) in [6, 6.07) is 0.946. The van der Waals surface area contributed by atoms with Gasteiger partial charge in [0.15, 0.2) is 0 Å². The van der Waals surface area contributed by atoms with Crippen LogP contribution in [0.15, 0.2) is 6.07 Å². The number of carbonyl (C=O) groups is 2. The molecule has 2 heterocycles. The zero-order chi connectivity index (χ0) is 17.3. The van der Waals surface area contributed by atoms with Gasteiger partial charge in [0, 0.05) is 12.4 Å². The second-order valence-corrected chi connectivity index (χ2v) is 7.52. The molecule has 0 saturated carbocycles. The third-order valence-electron chi connectivity index (χ3n) is 3.62. The van der Waals surface area contributed by atoms with E-state index < -0.39 is 12.0 Å². The van der Waals surface area contributed by atoms with Gasteiger partial charge in [0.25, 0.3) is 5.91 Å². The third-order valence-corrected chi connectivity index (χ3v) is 4.82. The summed E-state index contributed by atoms with van der Waals surface area (Å²) in [6.45, 7) is 7.98. The number of hydrogen-bond acceptors (Lipinski definition) is 4. The molecular weight excluding hydrogens is 314 g/mol. The maximum atomic E-state index is 12.4. The molecule has 6 nitrogen and oxygen atoms in total. The number of carbonyl (C=O) groups excluding carboxylic acids is 1. The van der Waals surface area contributed by atoms with Gasteiger partial charge in [0.1, 0.15) is 10.9 Å². The van der Waals surface area contributed by atoms with Crippen LogP contribution in [0.4, 0.5) is 0 Å². The minimum absolute atomic E-state index is 0.190. The molecule has 2 aromatic rings. The lowest BCUT2D eigenvalue weighted by Crippen LogP contribution is -2.41. The van der Waals surface area contributed by atoms with Gasteiger partial charge in [-0.05, 0) is 24.3 Å². The van der Waals surface area contributed by atoms with Crippen molar-refractivity contribution in [1.82, 2.24) is 15.1 Å². The molecule has 23 heavy (non-hydrogen) atoms. The van der Waals surface area contributed by atoms with E-state index in [1.807, 2.05) is 27.0 Å². The molecule has 126 valence electrons. The Morgan fingerprint density at radius 1 is 1.35 bits per heavy atom. The van der Waals surface area contributed by atoms with Gasteiger partial charge >= 0.3 is 5.97 Å². The fourth-order valence-corrected chi connectivity index (χ4v) is 3.51. The first-order chi connectivity index (χ1) is 10.7. The number of rotatable bonds is 6. The number of aliphatic carboxylic acids is 1. The Hall–Kier alpha value is -1.89. The minimum atomic E-state index is -1.00. The number of aryl methyl sites for hydroxylation is 1. The summed E-state index contributed by atoms with van der Waals surface area (Å²) in [5.74, 6) is -0.890. The Bertz CT molecular complexity index is 730. The van der Waals surface area contributed by atoms with E-state index >= 15 is 0 Å². The standard InChI is InChI=1S/C16H23N3O3S/c1-8(2)6-11(16(21)22)17-14(20)12-7-10-13(9(3)4)18-19(5)15(10)23-12/h7-9,11H,6H2,1-5H3,(H,17,20)(H,21,22)/t11-/m0/s1. The largest absolute Gasteiger partial charge is 0.480 e. The first-order valence-corrected chi connectivity index (χ1v) is 8.52. The molecule has 7 heteroatoms. The summed E-state index contributed by atoms with van der Waals surface area (Å²) in [5, 5.41) is 17.3. The van der Waals surface area contributed by atoms with Gasteiger partial charge in [-0.25, -0.2) is 4.79 Å². The van der Waals surface area contributed by atoms with Crippen LogP contribution < -0.4 is 5.32 Å². The first kappa shape index (κ1) is 17.5. The summed E-state index contributed by atoms with van der Waals surface area (Å²) in [7, 11) is 1.85. The number of hydrogen-bond donors (Lipinski definition) is 2. The number of nitrogens with one attached hydrogen (secondary N) is 1. The van der Waals surface area contributed by atoms with Crippen LogP contribution in [0.1, 0.15) is 55.4 Å². The van der Waals surface area contributed by atoms with Gasteiger partial charge in [0.2, 0.25) is 0 Å². The molecule has 2 rings (SSSR count). The molecule has 0 saturated heterocycles. The molecule has 0 aromatic carbocycles.